The lowest BCUT2D eigenvalue weighted by Crippen LogP contribution is -1.97. The van der Waals surface area contributed by atoms with Gasteiger partial charge in [0, 0.05) is 11.6 Å². The van der Waals surface area contributed by atoms with Crippen LogP contribution in [-0.4, -0.2) is 0 Å². The van der Waals surface area contributed by atoms with Crippen molar-refractivity contribution >= 4 is 22.4 Å². The molecule has 3 rings (SSSR count). The van der Waals surface area contributed by atoms with Crippen LogP contribution in [0.1, 0.15) is 16.5 Å². The lowest BCUT2D eigenvalue weighted by molar-refractivity contribution is 0.573. The maximum absolute atomic E-state index is 13.8. The second kappa shape index (κ2) is 5.22. The van der Waals surface area contributed by atoms with Gasteiger partial charge in [0.25, 0.3) is 0 Å². The van der Waals surface area contributed by atoms with E-state index in [4.69, 9.17) is 11.6 Å². The molecule has 0 radical (unpaired) electrons. The Morgan fingerprint density at radius 3 is 2.30 bits per heavy atom. The van der Waals surface area contributed by atoms with Crippen LogP contribution in [0.2, 0.25) is 0 Å². The first kappa shape index (κ1) is 13.1. The standard InChI is InChI=1S/C17H11ClF2/c18-17(15-8-7-14(19)10-16(15)20)13-6-5-11-3-1-2-4-12(11)9-13/h1-10,17H. The third-order valence-corrected chi connectivity index (χ3v) is 3.79. The Morgan fingerprint density at radius 1 is 0.800 bits per heavy atom. The Hall–Kier alpha value is -1.93. The molecule has 0 saturated heterocycles. The second-order valence-electron chi connectivity index (χ2n) is 4.63. The monoisotopic (exact) mass is 288 g/mol. The van der Waals surface area contributed by atoms with Gasteiger partial charge >= 0.3 is 0 Å². The first-order chi connectivity index (χ1) is 9.65. The number of halogens is 3. The van der Waals surface area contributed by atoms with Gasteiger partial charge in [-0.05, 0) is 28.5 Å². The molecular weight excluding hydrogens is 278 g/mol. The molecule has 0 aliphatic carbocycles. The van der Waals surface area contributed by atoms with Crippen LogP contribution in [0.4, 0.5) is 8.78 Å². The molecule has 0 aliphatic heterocycles. The summed E-state index contributed by atoms with van der Waals surface area (Å²) in [5.74, 6) is -1.23. The van der Waals surface area contributed by atoms with Gasteiger partial charge in [-0.25, -0.2) is 8.78 Å². The number of alkyl halides is 1. The van der Waals surface area contributed by atoms with E-state index in [2.05, 4.69) is 0 Å². The van der Waals surface area contributed by atoms with Crippen LogP contribution in [0.5, 0.6) is 0 Å². The molecule has 3 heteroatoms. The average Bonchev–Trinajstić information content (AvgIpc) is 2.46. The summed E-state index contributed by atoms with van der Waals surface area (Å²) in [4.78, 5) is 0. The molecule has 3 aromatic carbocycles. The van der Waals surface area contributed by atoms with Crippen molar-refractivity contribution < 1.29 is 8.78 Å². The summed E-state index contributed by atoms with van der Waals surface area (Å²) < 4.78 is 26.7. The normalized spacial score (nSPS) is 12.6. The molecule has 3 aromatic rings. The van der Waals surface area contributed by atoms with Crippen LogP contribution in [0, 0.1) is 11.6 Å². The zero-order valence-electron chi connectivity index (χ0n) is 10.5. The highest BCUT2D eigenvalue weighted by Gasteiger charge is 2.16. The van der Waals surface area contributed by atoms with Crippen LogP contribution in [-0.2, 0) is 0 Å². The fraction of sp³-hybridized carbons (Fsp3) is 0.0588. The van der Waals surface area contributed by atoms with E-state index in [-0.39, 0.29) is 5.56 Å². The van der Waals surface area contributed by atoms with Gasteiger partial charge in [0.15, 0.2) is 0 Å². The summed E-state index contributed by atoms with van der Waals surface area (Å²) in [6.45, 7) is 0. The van der Waals surface area contributed by atoms with Crippen molar-refractivity contribution in [1.82, 2.24) is 0 Å². The highest BCUT2D eigenvalue weighted by molar-refractivity contribution is 6.22. The maximum atomic E-state index is 13.8. The minimum absolute atomic E-state index is 0.281. The highest BCUT2D eigenvalue weighted by atomic mass is 35.5. The number of rotatable bonds is 2. The number of benzene rings is 3. The molecule has 0 aromatic heterocycles. The Bertz CT molecular complexity index is 768. The Kier molecular flexibility index (Phi) is 3.41. The molecular formula is C17H11ClF2. The molecule has 0 aliphatic rings. The summed E-state index contributed by atoms with van der Waals surface area (Å²) in [7, 11) is 0. The molecule has 1 unspecified atom stereocenters. The first-order valence-corrected chi connectivity index (χ1v) is 6.66. The van der Waals surface area contributed by atoms with Gasteiger partial charge in [0.1, 0.15) is 11.6 Å². The lowest BCUT2D eigenvalue weighted by Gasteiger charge is -2.12. The second-order valence-corrected chi connectivity index (χ2v) is 5.07. The predicted molar refractivity (Wildman–Crippen MR) is 78.0 cm³/mol. The van der Waals surface area contributed by atoms with E-state index in [0.29, 0.717) is 0 Å². The van der Waals surface area contributed by atoms with Crippen LogP contribution in [0.25, 0.3) is 10.8 Å². The van der Waals surface area contributed by atoms with Crippen LogP contribution < -0.4 is 0 Å². The van der Waals surface area contributed by atoms with Gasteiger partial charge in [-0.1, -0.05) is 42.5 Å². The Morgan fingerprint density at radius 2 is 1.55 bits per heavy atom. The smallest absolute Gasteiger partial charge is 0.131 e. The van der Waals surface area contributed by atoms with Gasteiger partial charge < -0.3 is 0 Å². The zero-order chi connectivity index (χ0) is 14.1. The van der Waals surface area contributed by atoms with E-state index in [9.17, 15) is 8.78 Å². The zero-order valence-corrected chi connectivity index (χ0v) is 11.2. The van der Waals surface area contributed by atoms with E-state index < -0.39 is 17.0 Å². The van der Waals surface area contributed by atoms with E-state index in [1.165, 1.54) is 12.1 Å². The molecule has 0 bridgehead atoms. The third-order valence-electron chi connectivity index (χ3n) is 3.30. The summed E-state index contributed by atoms with van der Waals surface area (Å²) in [6, 6.07) is 17.1. The highest BCUT2D eigenvalue weighted by Crippen LogP contribution is 2.32. The molecule has 20 heavy (non-hydrogen) atoms. The molecule has 0 amide bonds. The molecule has 1 atom stereocenters. The summed E-state index contributed by atoms with van der Waals surface area (Å²) in [5.41, 5.74) is 1.07. The molecule has 0 heterocycles. The maximum Gasteiger partial charge on any atom is 0.131 e. The topological polar surface area (TPSA) is 0 Å². The lowest BCUT2D eigenvalue weighted by atomic mass is 10.0. The summed E-state index contributed by atoms with van der Waals surface area (Å²) in [6.07, 6.45) is 0. The molecule has 0 spiro atoms. The van der Waals surface area contributed by atoms with Crippen LogP contribution >= 0.6 is 11.6 Å². The average molecular weight is 289 g/mol. The minimum Gasteiger partial charge on any atom is -0.207 e. The van der Waals surface area contributed by atoms with Crippen molar-refractivity contribution in [3.05, 3.63) is 83.4 Å². The molecule has 0 N–H and O–H groups in total. The van der Waals surface area contributed by atoms with Crippen LogP contribution in [0.15, 0.2) is 60.7 Å². The predicted octanol–water partition coefficient (Wildman–Crippen LogP) is 5.45. The third kappa shape index (κ3) is 2.39. The van der Waals surface area contributed by atoms with Gasteiger partial charge in [-0.15, -0.1) is 11.6 Å². The van der Waals surface area contributed by atoms with E-state index in [1.807, 2.05) is 42.5 Å². The van der Waals surface area contributed by atoms with E-state index in [0.717, 1.165) is 22.4 Å². The van der Waals surface area contributed by atoms with E-state index >= 15 is 0 Å². The van der Waals surface area contributed by atoms with Crippen molar-refractivity contribution in [3.8, 4) is 0 Å². The summed E-state index contributed by atoms with van der Waals surface area (Å²) in [5, 5.41) is 1.50. The van der Waals surface area contributed by atoms with Gasteiger partial charge in [0.05, 0.1) is 5.38 Å². The van der Waals surface area contributed by atoms with Crippen molar-refractivity contribution in [2.45, 2.75) is 5.38 Å². The summed E-state index contributed by atoms with van der Waals surface area (Å²) >= 11 is 6.33. The first-order valence-electron chi connectivity index (χ1n) is 6.23. The molecule has 0 nitrogen and oxygen atoms in total. The quantitative estimate of drug-likeness (QED) is 0.550. The largest absolute Gasteiger partial charge is 0.207 e. The van der Waals surface area contributed by atoms with Gasteiger partial charge in [-0.3, -0.25) is 0 Å². The minimum atomic E-state index is -0.639. The fourth-order valence-corrected chi connectivity index (χ4v) is 2.56. The van der Waals surface area contributed by atoms with Gasteiger partial charge in [-0.2, -0.15) is 0 Å². The van der Waals surface area contributed by atoms with Crippen molar-refractivity contribution in [2.75, 3.05) is 0 Å². The Balaban J connectivity index is 2.05. The van der Waals surface area contributed by atoms with E-state index in [1.54, 1.807) is 0 Å². The van der Waals surface area contributed by atoms with Crippen molar-refractivity contribution in [1.29, 1.82) is 0 Å². The molecule has 0 fully saturated rings. The molecule has 100 valence electrons. The van der Waals surface area contributed by atoms with Crippen molar-refractivity contribution in [2.24, 2.45) is 0 Å². The number of hydrogen-bond acceptors (Lipinski definition) is 0. The SMILES string of the molecule is Fc1ccc(C(Cl)c2ccc3ccccc3c2)c(F)c1. The molecule has 0 saturated carbocycles. The number of hydrogen-bond donors (Lipinski definition) is 0. The Labute approximate surface area is 120 Å². The van der Waals surface area contributed by atoms with Crippen LogP contribution in [0.3, 0.4) is 0 Å². The number of fused-ring (bicyclic) bond motifs is 1. The fourth-order valence-electron chi connectivity index (χ4n) is 2.25. The van der Waals surface area contributed by atoms with Gasteiger partial charge in [0.2, 0.25) is 0 Å². The van der Waals surface area contributed by atoms with Crippen molar-refractivity contribution in [3.63, 3.8) is 0 Å².